The molecule has 2 aromatic rings. The van der Waals surface area contributed by atoms with Crippen LogP contribution in [0.15, 0.2) is 24.5 Å². The van der Waals surface area contributed by atoms with Crippen LogP contribution >= 0.6 is 11.6 Å². The number of H-pyrrole nitrogens is 1. The Hall–Kier alpha value is -2.41. The molecular weight excluding hydrogens is 277 g/mol. The smallest absolute Gasteiger partial charge is 0.354 e. The van der Waals surface area contributed by atoms with Crippen LogP contribution in [-0.4, -0.2) is 27.0 Å². The Kier molecular flexibility index (Phi) is 3.48. The summed E-state index contributed by atoms with van der Waals surface area (Å²) in [6.07, 6.45) is 1.07. The monoisotopic (exact) mass is 283 g/mol. The minimum atomic E-state index is -1.33. The molecule has 8 heteroatoms. The maximum Gasteiger partial charge on any atom is 0.354 e. The zero-order valence-electron chi connectivity index (χ0n) is 9.28. The van der Waals surface area contributed by atoms with Gasteiger partial charge in [0.2, 0.25) is 0 Å². The maximum atomic E-state index is 13.5. The van der Waals surface area contributed by atoms with Crippen LogP contribution in [0.4, 0.5) is 10.1 Å². The van der Waals surface area contributed by atoms with Gasteiger partial charge < -0.3 is 15.4 Å². The predicted octanol–water partition coefficient (Wildman–Crippen LogP) is 2.15. The number of benzene rings is 1. The molecule has 3 N–H and O–H groups in total. The number of carbonyl (C=O) groups excluding carboxylic acids is 1. The van der Waals surface area contributed by atoms with Gasteiger partial charge in [0, 0.05) is 5.02 Å². The molecule has 0 saturated heterocycles. The number of rotatable bonds is 3. The van der Waals surface area contributed by atoms with Crippen molar-refractivity contribution in [3.63, 3.8) is 0 Å². The van der Waals surface area contributed by atoms with Gasteiger partial charge in [-0.25, -0.2) is 14.2 Å². The summed E-state index contributed by atoms with van der Waals surface area (Å²) < 4.78 is 13.5. The Morgan fingerprint density at radius 1 is 1.42 bits per heavy atom. The van der Waals surface area contributed by atoms with Crippen LogP contribution in [0.5, 0.6) is 0 Å². The van der Waals surface area contributed by atoms with Crippen molar-refractivity contribution in [1.29, 1.82) is 0 Å². The number of hydrogen-bond acceptors (Lipinski definition) is 3. The van der Waals surface area contributed by atoms with Gasteiger partial charge in [0.25, 0.3) is 5.91 Å². The SMILES string of the molecule is O=C(Nc1ccc(Cl)cc1F)c1nc[nH]c1C(=O)O. The molecule has 1 amide bonds. The summed E-state index contributed by atoms with van der Waals surface area (Å²) in [6.45, 7) is 0. The van der Waals surface area contributed by atoms with E-state index in [0.717, 1.165) is 12.4 Å². The molecule has 1 aromatic heterocycles. The minimum Gasteiger partial charge on any atom is -0.477 e. The average Bonchev–Trinajstić information content (AvgIpc) is 2.82. The van der Waals surface area contributed by atoms with Crippen LogP contribution in [0.2, 0.25) is 5.02 Å². The number of aromatic nitrogens is 2. The van der Waals surface area contributed by atoms with Crippen molar-refractivity contribution in [3.05, 3.63) is 46.8 Å². The number of halogens is 2. The van der Waals surface area contributed by atoms with Gasteiger partial charge in [0.05, 0.1) is 12.0 Å². The maximum absolute atomic E-state index is 13.5. The third-order valence-corrected chi connectivity index (χ3v) is 2.48. The van der Waals surface area contributed by atoms with Crippen molar-refractivity contribution in [2.45, 2.75) is 0 Å². The number of nitrogens with zero attached hydrogens (tertiary/aromatic N) is 1. The largest absolute Gasteiger partial charge is 0.477 e. The van der Waals surface area contributed by atoms with E-state index >= 15 is 0 Å². The highest BCUT2D eigenvalue weighted by atomic mass is 35.5. The molecule has 0 spiro atoms. The van der Waals surface area contributed by atoms with E-state index in [-0.39, 0.29) is 22.1 Å². The second-order valence-electron chi connectivity index (χ2n) is 3.51. The minimum absolute atomic E-state index is 0.117. The van der Waals surface area contributed by atoms with E-state index in [1.807, 2.05) is 0 Å². The number of amides is 1. The van der Waals surface area contributed by atoms with Gasteiger partial charge in [-0.1, -0.05) is 11.6 Å². The van der Waals surface area contributed by atoms with Crippen molar-refractivity contribution in [2.24, 2.45) is 0 Å². The number of carboxylic acids is 1. The molecule has 0 fully saturated rings. The van der Waals surface area contributed by atoms with Crippen molar-refractivity contribution >= 4 is 29.2 Å². The van der Waals surface area contributed by atoms with Gasteiger partial charge in [0.1, 0.15) is 5.82 Å². The first-order valence-electron chi connectivity index (χ1n) is 5.02. The lowest BCUT2D eigenvalue weighted by molar-refractivity contribution is 0.0686. The number of carboxylic acid groups (broad SMARTS) is 1. The Bertz CT molecular complexity index is 656. The van der Waals surface area contributed by atoms with E-state index in [1.165, 1.54) is 12.1 Å². The number of imidazole rings is 1. The number of carbonyl (C=O) groups is 2. The number of anilines is 1. The molecule has 0 atom stereocenters. The van der Waals surface area contributed by atoms with Crippen molar-refractivity contribution in [3.8, 4) is 0 Å². The van der Waals surface area contributed by atoms with Gasteiger partial charge in [-0.3, -0.25) is 4.79 Å². The summed E-state index contributed by atoms with van der Waals surface area (Å²) in [5.41, 5.74) is -0.817. The summed E-state index contributed by atoms with van der Waals surface area (Å²) >= 11 is 5.57. The molecule has 0 unspecified atom stereocenters. The number of aromatic amines is 1. The van der Waals surface area contributed by atoms with E-state index in [0.29, 0.717) is 0 Å². The molecule has 0 saturated carbocycles. The molecule has 2 rings (SSSR count). The molecule has 19 heavy (non-hydrogen) atoms. The summed E-state index contributed by atoms with van der Waals surface area (Å²) in [5.74, 6) is -2.90. The molecule has 0 bridgehead atoms. The van der Waals surface area contributed by atoms with Crippen molar-refractivity contribution in [2.75, 3.05) is 5.32 Å². The lowest BCUT2D eigenvalue weighted by Gasteiger charge is -2.05. The molecule has 1 aromatic carbocycles. The summed E-state index contributed by atoms with van der Waals surface area (Å²) in [4.78, 5) is 28.5. The molecule has 0 aliphatic rings. The average molecular weight is 284 g/mol. The second kappa shape index (κ2) is 5.07. The zero-order chi connectivity index (χ0) is 14.0. The van der Waals surface area contributed by atoms with E-state index in [1.54, 1.807) is 0 Å². The van der Waals surface area contributed by atoms with Crippen molar-refractivity contribution < 1.29 is 19.1 Å². The Morgan fingerprint density at radius 3 is 2.79 bits per heavy atom. The fraction of sp³-hybridized carbons (Fsp3) is 0. The first-order chi connectivity index (χ1) is 8.99. The number of hydrogen-bond donors (Lipinski definition) is 3. The van der Waals surface area contributed by atoms with Crippen molar-refractivity contribution in [1.82, 2.24) is 9.97 Å². The van der Waals surface area contributed by atoms with Crippen LogP contribution in [0, 0.1) is 5.82 Å². The molecule has 0 aliphatic heterocycles. The van der Waals surface area contributed by atoms with Gasteiger partial charge in [-0.2, -0.15) is 0 Å². The molecule has 1 heterocycles. The van der Waals surface area contributed by atoms with E-state index in [9.17, 15) is 14.0 Å². The first-order valence-corrected chi connectivity index (χ1v) is 5.40. The van der Waals surface area contributed by atoms with E-state index < -0.39 is 17.7 Å². The Balaban J connectivity index is 2.26. The summed E-state index contributed by atoms with van der Waals surface area (Å²) in [5, 5.41) is 11.2. The van der Waals surface area contributed by atoms with Crippen LogP contribution < -0.4 is 5.32 Å². The highest BCUT2D eigenvalue weighted by Crippen LogP contribution is 2.19. The third-order valence-electron chi connectivity index (χ3n) is 2.25. The molecule has 6 nitrogen and oxygen atoms in total. The highest BCUT2D eigenvalue weighted by molar-refractivity contribution is 6.30. The fourth-order valence-electron chi connectivity index (χ4n) is 1.40. The standard InChI is InChI=1S/C11H7ClFN3O3/c12-5-1-2-7(6(13)3-5)16-10(17)8-9(11(18)19)15-4-14-8/h1-4H,(H,14,15)(H,16,17)(H,18,19). The molecule has 0 aliphatic carbocycles. The van der Waals surface area contributed by atoms with E-state index in [2.05, 4.69) is 15.3 Å². The first kappa shape index (κ1) is 13.0. The van der Waals surface area contributed by atoms with E-state index in [4.69, 9.17) is 16.7 Å². The lowest BCUT2D eigenvalue weighted by Crippen LogP contribution is -2.17. The van der Waals surface area contributed by atoms with Gasteiger partial charge in [0.15, 0.2) is 11.4 Å². The fourth-order valence-corrected chi connectivity index (χ4v) is 1.56. The third kappa shape index (κ3) is 2.71. The highest BCUT2D eigenvalue weighted by Gasteiger charge is 2.20. The second-order valence-corrected chi connectivity index (χ2v) is 3.95. The normalized spacial score (nSPS) is 10.2. The molecule has 0 radical (unpaired) electrons. The Morgan fingerprint density at radius 2 is 2.16 bits per heavy atom. The summed E-state index contributed by atoms with van der Waals surface area (Å²) in [6, 6.07) is 3.69. The zero-order valence-corrected chi connectivity index (χ0v) is 10.0. The van der Waals surface area contributed by atoms with Crippen LogP contribution in [0.1, 0.15) is 21.0 Å². The lowest BCUT2D eigenvalue weighted by atomic mass is 10.2. The van der Waals surface area contributed by atoms with Crippen LogP contribution in [0.3, 0.4) is 0 Å². The number of aromatic carboxylic acids is 1. The van der Waals surface area contributed by atoms with Gasteiger partial charge >= 0.3 is 5.97 Å². The topological polar surface area (TPSA) is 95.1 Å². The van der Waals surface area contributed by atoms with Crippen LogP contribution in [-0.2, 0) is 0 Å². The molecular formula is C11H7ClFN3O3. The Labute approximate surface area is 111 Å². The predicted molar refractivity (Wildman–Crippen MR) is 64.9 cm³/mol. The molecule has 98 valence electrons. The van der Waals surface area contributed by atoms with Gasteiger partial charge in [-0.15, -0.1) is 0 Å². The quantitative estimate of drug-likeness (QED) is 0.804. The number of nitrogens with one attached hydrogen (secondary N) is 2. The van der Waals surface area contributed by atoms with Crippen LogP contribution in [0.25, 0.3) is 0 Å². The van der Waals surface area contributed by atoms with Gasteiger partial charge in [-0.05, 0) is 18.2 Å². The summed E-state index contributed by atoms with van der Waals surface area (Å²) in [7, 11) is 0.